The second kappa shape index (κ2) is 3.61. The molecule has 0 radical (unpaired) electrons. The number of carbonyl (C=O) groups excluding carboxylic acids is 1. The van der Waals surface area contributed by atoms with E-state index in [1.807, 2.05) is 0 Å². The summed E-state index contributed by atoms with van der Waals surface area (Å²) >= 11 is 0. The van der Waals surface area contributed by atoms with Crippen LogP contribution in [0.4, 0.5) is 0 Å². The van der Waals surface area contributed by atoms with Crippen LogP contribution in [-0.4, -0.2) is 15.3 Å². The Kier molecular flexibility index (Phi) is 2.69. The number of nitrogens with one attached hydrogen (secondary N) is 1. The van der Waals surface area contributed by atoms with Gasteiger partial charge in [0.15, 0.2) is 5.78 Å². The van der Waals surface area contributed by atoms with Crippen molar-refractivity contribution in [3.8, 4) is 0 Å². The number of ketones is 1. The van der Waals surface area contributed by atoms with E-state index in [0.29, 0.717) is 0 Å². The maximum atomic E-state index is 11.4. The van der Waals surface area contributed by atoms with Gasteiger partial charge in [0.2, 0.25) is 0 Å². The Morgan fingerprint density at radius 1 is 1.43 bits per heavy atom. The molecule has 1 aromatic rings. The number of carbonyl (C=O) groups is 1. The van der Waals surface area contributed by atoms with Crippen molar-refractivity contribution in [2.75, 3.05) is 0 Å². The van der Waals surface area contributed by atoms with Gasteiger partial charge in [-0.3, -0.25) is 14.2 Å². The Morgan fingerprint density at radius 3 is 2.36 bits per heavy atom. The van der Waals surface area contributed by atoms with E-state index in [0.717, 1.165) is 10.6 Å². The van der Waals surface area contributed by atoms with E-state index >= 15 is 0 Å². The van der Waals surface area contributed by atoms with Crippen LogP contribution in [0.5, 0.6) is 0 Å². The number of aromatic amines is 1. The zero-order chi connectivity index (χ0) is 10.9. The van der Waals surface area contributed by atoms with Gasteiger partial charge in [-0.2, -0.15) is 0 Å². The summed E-state index contributed by atoms with van der Waals surface area (Å²) in [5, 5.41) is 0. The molecule has 1 N–H and O–H groups in total. The van der Waals surface area contributed by atoms with Gasteiger partial charge in [-0.05, 0) is 13.8 Å². The monoisotopic (exact) mass is 196 g/mol. The molecule has 0 aliphatic rings. The van der Waals surface area contributed by atoms with Crippen molar-refractivity contribution in [2.24, 2.45) is 0 Å². The SMILES string of the molecule is CC(=O)c1cc(=O)n(C(C)C)c(=O)[nH]1. The summed E-state index contributed by atoms with van der Waals surface area (Å²) in [5.41, 5.74) is -0.941. The lowest BCUT2D eigenvalue weighted by atomic mass is 10.3. The molecule has 1 rings (SSSR count). The lowest BCUT2D eigenvalue weighted by Gasteiger charge is -2.07. The molecule has 0 fully saturated rings. The van der Waals surface area contributed by atoms with Crippen LogP contribution in [-0.2, 0) is 0 Å². The summed E-state index contributed by atoms with van der Waals surface area (Å²) < 4.78 is 1.06. The van der Waals surface area contributed by atoms with Gasteiger partial charge in [-0.1, -0.05) is 0 Å². The number of hydrogen-bond acceptors (Lipinski definition) is 3. The third-order valence-electron chi connectivity index (χ3n) is 1.86. The van der Waals surface area contributed by atoms with E-state index in [2.05, 4.69) is 4.98 Å². The van der Waals surface area contributed by atoms with Crippen molar-refractivity contribution < 1.29 is 4.79 Å². The topological polar surface area (TPSA) is 71.9 Å². The van der Waals surface area contributed by atoms with E-state index in [-0.39, 0.29) is 17.5 Å². The number of Topliss-reactive ketones (excluding diaryl/α,β-unsaturated/α-hetero) is 1. The molecule has 0 aliphatic heterocycles. The fraction of sp³-hybridized carbons (Fsp3) is 0.444. The summed E-state index contributed by atoms with van der Waals surface area (Å²) in [6, 6.07) is 0.927. The van der Waals surface area contributed by atoms with Crippen molar-refractivity contribution in [1.82, 2.24) is 9.55 Å². The number of H-pyrrole nitrogens is 1. The standard InChI is InChI=1S/C9H12N2O3/c1-5(2)11-8(13)4-7(6(3)12)10-9(11)14/h4-5H,1-3H3,(H,10,14). The van der Waals surface area contributed by atoms with Crippen LogP contribution in [0.1, 0.15) is 37.3 Å². The normalized spacial score (nSPS) is 10.6. The minimum Gasteiger partial charge on any atom is -0.304 e. The van der Waals surface area contributed by atoms with Gasteiger partial charge in [-0.25, -0.2) is 4.79 Å². The highest BCUT2D eigenvalue weighted by molar-refractivity contribution is 5.91. The van der Waals surface area contributed by atoms with Gasteiger partial charge in [0, 0.05) is 19.0 Å². The lowest BCUT2D eigenvalue weighted by molar-refractivity contribution is 0.101. The van der Waals surface area contributed by atoms with Crippen LogP contribution in [0.15, 0.2) is 15.7 Å². The van der Waals surface area contributed by atoms with Crippen LogP contribution in [0.3, 0.4) is 0 Å². The second-order valence-corrected chi connectivity index (χ2v) is 3.35. The van der Waals surface area contributed by atoms with Crippen molar-refractivity contribution >= 4 is 5.78 Å². The Morgan fingerprint density at radius 2 is 2.00 bits per heavy atom. The summed E-state index contributed by atoms with van der Waals surface area (Å²) in [6.45, 7) is 4.75. The summed E-state index contributed by atoms with van der Waals surface area (Å²) in [4.78, 5) is 36.0. The molecule has 0 aliphatic carbocycles. The highest BCUT2D eigenvalue weighted by Crippen LogP contribution is 1.95. The second-order valence-electron chi connectivity index (χ2n) is 3.35. The molecule has 0 saturated carbocycles. The van der Waals surface area contributed by atoms with Gasteiger partial charge in [-0.15, -0.1) is 0 Å². The molecule has 0 bridgehead atoms. The van der Waals surface area contributed by atoms with Gasteiger partial charge in [0.1, 0.15) is 0 Å². The first-order chi connectivity index (χ1) is 6.43. The first-order valence-corrected chi connectivity index (χ1v) is 4.30. The van der Waals surface area contributed by atoms with E-state index in [1.165, 1.54) is 6.92 Å². The number of rotatable bonds is 2. The molecule has 0 atom stereocenters. The van der Waals surface area contributed by atoms with Crippen LogP contribution < -0.4 is 11.2 Å². The molecule has 5 heteroatoms. The average molecular weight is 196 g/mol. The van der Waals surface area contributed by atoms with Crippen LogP contribution in [0.25, 0.3) is 0 Å². The molecule has 76 valence electrons. The van der Waals surface area contributed by atoms with Gasteiger partial charge in [0.05, 0.1) is 5.69 Å². The lowest BCUT2D eigenvalue weighted by Crippen LogP contribution is -2.37. The number of hydrogen-bond donors (Lipinski definition) is 1. The molecule has 0 amide bonds. The maximum absolute atomic E-state index is 11.4. The fourth-order valence-electron chi connectivity index (χ4n) is 1.18. The largest absolute Gasteiger partial charge is 0.329 e. The third-order valence-corrected chi connectivity index (χ3v) is 1.86. The number of aromatic nitrogens is 2. The third kappa shape index (κ3) is 1.81. The van der Waals surface area contributed by atoms with Crippen LogP contribution in [0, 0.1) is 0 Å². The smallest absolute Gasteiger partial charge is 0.304 e. The maximum Gasteiger partial charge on any atom is 0.329 e. The summed E-state index contributed by atoms with van der Waals surface area (Å²) in [6.07, 6.45) is 0. The van der Waals surface area contributed by atoms with Crippen LogP contribution in [0.2, 0.25) is 0 Å². The molecule has 14 heavy (non-hydrogen) atoms. The minimum absolute atomic E-state index is 0.0527. The molecular formula is C9H12N2O3. The fourth-order valence-corrected chi connectivity index (χ4v) is 1.18. The Bertz CT molecular complexity index is 436. The van der Waals surface area contributed by atoms with E-state index in [4.69, 9.17) is 0 Å². The van der Waals surface area contributed by atoms with Crippen LogP contribution >= 0.6 is 0 Å². The average Bonchev–Trinajstić information content (AvgIpc) is 2.01. The van der Waals surface area contributed by atoms with Crippen molar-refractivity contribution in [3.63, 3.8) is 0 Å². The zero-order valence-corrected chi connectivity index (χ0v) is 8.33. The van der Waals surface area contributed by atoms with E-state index in [9.17, 15) is 14.4 Å². The first kappa shape index (κ1) is 10.4. The molecular weight excluding hydrogens is 184 g/mol. The Balaban J connectivity index is 3.49. The van der Waals surface area contributed by atoms with Crippen molar-refractivity contribution in [1.29, 1.82) is 0 Å². The van der Waals surface area contributed by atoms with E-state index in [1.54, 1.807) is 13.8 Å². The van der Waals surface area contributed by atoms with Gasteiger partial charge in [0.25, 0.3) is 5.56 Å². The van der Waals surface area contributed by atoms with Gasteiger partial charge < -0.3 is 4.98 Å². The summed E-state index contributed by atoms with van der Waals surface area (Å²) in [5.74, 6) is -0.324. The summed E-state index contributed by atoms with van der Waals surface area (Å²) in [7, 11) is 0. The minimum atomic E-state index is -0.544. The molecule has 1 aromatic heterocycles. The van der Waals surface area contributed by atoms with Crippen molar-refractivity contribution in [3.05, 3.63) is 32.6 Å². The highest BCUT2D eigenvalue weighted by atomic mass is 16.2. The molecule has 0 aromatic carbocycles. The molecule has 0 unspecified atom stereocenters. The van der Waals surface area contributed by atoms with Crippen molar-refractivity contribution in [2.45, 2.75) is 26.8 Å². The predicted molar refractivity (Wildman–Crippen MR) is 51.7 cm³/mol. The first-order valence-electron chi connectivity index (χ1n) is 4.30. The Labute approximate surface area is 80.4 Å². The molecule has 0 saturated heterocycles. The molecule has 1 heterocycles. The van der Waals surface area contributed by atoms with E-state index < -0.39 is 11.2 Å². The Hall–Kier alpha value is -1.65. The molecule has 5 nitrogen and oxygen atoms in total. The number of nitrogens with zero attached hydrogens (tertiary/aromatic N) is 1. The van der Waals surface area contributed by atoms with Gasteiger partial charge >= 0.3 is 5.69 Å². The highest BCUT2D eigenvalue weighted by Gasteiger charge is 2.09. The molecule has 0 spiro atoms. The quantitative estimate of drug-likeness (QED) is 0.692. The zero-order valence-electron chi connectivity index (χ0n) is 8.33. The predicted octanol–water partition coefficient (Wildman–Crippen LogP) is 0.320.